The van der Waals surface area contributed by atoms with Crippen LogP contribution >= 0.6 is 11.6 Å². The van der Waals surface area contributed by atoms with Gasteiger partial charge in [0.25, 0.3) is 0 Å². The van der Waals surface area contributed by atoms with Crippen LogP contribution in [0.1, 0.15) is 13.3 Å². The van der Waals surface area contributed by atoms with Crippen molar-refractivity contribution in [3.63, 3.8) is 0 Å². The number of hydrogen-bond acceptors (Lipinski definition) is 2. The van der Waals surface area contributed by atoms with E-state index >= 15 is 0 Å². The molecule has 1 aromatic rings. The molecule has 1 atom stereocenters. The molecule has 0 saturated heterocycles. The van der Waals surface area contributed by atoms with Crippen molar-refractivity contribution in [2.45, 2.75) is 19.9 Å². The van der Waals surface area contributed by atoms with Crippen molar-refractivity contribution in [1.82, 2.24) is 14.9 Å². The first-order chi connectivity index (χ1) is 6.83. The molecule has 0 bridgehead atoms. The molecule has 1 unspecified atom stereocenters. The molecule has 4 heteroatoms. The second kappa shape index (κ2) is 6.85. The van der Waals surface area contributed by atoms with E-state index in [2.05, 4.69) is 21.8 Å². The summed E-state index contributed by atoms with van der Waals surface area (Å²) < 4.78 is 2.09. The molecule has 0 amide bonds. The van der Waals surface area contributed by atoms with Gasteiger partial charge in [0.2, 0.25) is 0 Å². The predicted octanol–water partition coefficient (Wildman–Crippen LogP) is 1.74. The van der Waals surface area contributed by atoms with E-state index in [1.807, 2.05) is 18.7 Å². The lowest BCUT2D eigenvalue weighted by Gasteiger charge is -2.08. The van der Waals surface area contributed by atoms with Gasteiger partial charge < -0.3 is 9.88 Å². The summed E-state index contributed by atoms with van der Waals surface area (Å²) in [5.41, 5.74) is 0. The number of imidazole rings is 1. The topological polar surface area (TPSA) is 29.9 Å². The second-order valence-electron chi connectivity index (χ2n) is 3.62. The van der Waals surface area contributed by atoms with Gasteiger partial charge in [0.05, 0.1) is 6.33 Å². The third-order valence-electron chi connectivity index (χ3n) is 2.09. The van der Waals surface area contributed by atoms with Crippen LogP contribution in [0.15, 0.2) is 18.7 Å². The molecule has 3 nitrogen and oxygen atoms in total. The van der Waals surface area contributed by atoms with E-state index in [-0.39, 0.29) is 0 Å². The number of aromatic nitrogens is 2. The van der Waals surface area contributed by atoms with E-state index in [0.717, 1.165) is 31.9 Å². The van der Waals surface area contributed by atoms with E-state index in [4.69, 9.17) is 11.6 Å². The van der Waals surface area contributed by atoms with Crippen molar-refractivity contribution >= 4 is 11.6 Å². The maximum Gasteiger partial charge on any atom is 0.0945 e. The Bertz CT molecular complexity index is 223. The largest absolute Gasteiger partial charge is 0.337 e. The summed E-state index contributed by atoms with van der Waals surface area (Å²) in [4.78, 5) is 3.99. The Hall–Kier alpha value is -0.540. The minimum atomic E-state index is 0.560. The highest BCUT2D eigenvalue weighted by molar-refractivity contribution is 6.18. The third kappa shape index (κ3) is 4.63. The van der Waals surface area contributed by atoms with Gasteiger partial charge in [-0.3, -0.25) is 0 Å². The van der Waals surface area contributed by atoms with Crippen LogP contribution in [0.4, 0.5) is 0 Å². The number of nitrogens with zero attached hydrogens (tertiary/aromatic N) is 2. The van der Waals surface area contributed by atoms with Crippen LogP contribution in [0.3, 0.4) is 0 Å². The molecular weight excluding hydrogens is 198 g/mol. The molecule has 1 N–H and O–H groups in total. The fourth-order valence-corrected chi connectivity index (χ4v) is 1.32. The first-order valence-corrected chi connectivity index (χ1v) is 5.59. The Labute approximate surface area is 90.5 Å². The molecule has 0 aliphatic heterocycles. The highest BCUT2D eigenvalue weighted by atomic mass is 35.5. The van der Waals surface area contributed by atoms with Crippen molar-refractivity contribution in [3.05, 3.63) is 18.7 Å². The van der Waals surface area contributed by atoms with Crippen molar-refractivity contribution < 1.29 is 0 Å². The molecule has 80 valence electrons. The number of nitrogens with one attached hydrogen (secondary N) is 1. The summed E-state index contributed by atoms with van der Waals surface area (Å²) in [5.74, 6) is 1.29. The second-order valence-corrected chi connectivity index (χ2v) is 3.93. The van der Waals surface area contributed by atoms with Crippen LogP contribution < -0.4 is 5.32 Å². The van der Waals surface area contributed by atoms with Crippen molar-refractivity contribution in [1.29, 1.82) is 0 Å². The van der Waals surface area contributed by atoms with Gasteiger partial charge >= 0.3 is 0 Å². The van der Waals surface area contributed by atoms with Gasteiger partial charge in [0.15, 0.2) is 0 Å². The van der Waals surface area contributed by atoms with Crippen LogP contribution in [0.5, 0.6) is 0 Å². The molecule has 0 fully saturated rings. The number of halogens is 1. The van der Waals surface area contributed by atoms with Gasteiger partial charge in [-0.1, -0.05) is 6.92 Å². The zero-order valence-electron chi connectivity index (χ0n) is 8.62. The molecule has 14 heavy (non-hydrogen) atoms. The minimum absolute atomic E-state index is 0.560. The number of aryl methyl sites for hydroxylation is 1. The van der Waals surface area contributed by atoms with E-state index in [1.165, 1.54) is 0 Å². The number of rotatable bonds is 7. The van der Waals surface area contributed by atoms with Gasteiger partial charge in [0.1, 0.15) is 0 Å². The Morgan fingerprint density at radius 2 is 2.43 bits per heavy atom. The average molecular weight is 216 g/mol. The van der Waals surface area contributed by atoms with Crippen molar-refractivity contribution in [2.24, 2.45) is 5.92 Å². The van der Waals surface area contributed by atoms with Crippen LogP contribution in [0.25, 0.3) is 0 Å². The van der Waals surface area contributed by atoms with Crippen molar-refractivity contribution in [2.75, 3.05) is 19.0 Å². The molecule has 0 aliphatic rings. The third-order valence-corrected chi connectivity index (χ3v) is 2.61. The molecule has 1 rings (SSSR count). The summed E-state index contributed by atoms with van der Waals surface area (Å²) >= 11 is 5.69. The maximum absolute atomic E-state index is 5.69. The summed E-state index contributed by atoms with van der Waals surface area (Å²) in [6, 6.07) is 0. The van der Waals surface area contributed by atoms with Gasteiger partial charge in [-0.25, -0.2) is 4.98 Å². The van der Waals surface area contributed by atoms with Crippen LogP contribution in [0.2, 0.25) is 0 Å². The molecule has 0 spiro atoms. The molecule has 1 aromatic heterocycles. The van der Waals surface area contributed by atoms with Gasteiger partial charge in [0, 0.05) is 24.8 Å². The predicted molar refractivity (Wildman–Crippen MR) is 59.6 cm³/mol. The standard InChI is InChI=1S/C10H18ClN3/c1-10(7-11)8-12-3-2-5-14-6-4-13-9-14/h4,6,9-10,12H,2-3,5,7-8H2,1H3. The highest BCUT2D eigenvalue weighted by Gasteiger charge is 1.97. The van der Waals surface area contributed by atoms with Crippen LogP contribution in [0, 0.1) is 5.92 Å². The first-order valence-electron chi connectivity index (χ1n) is 5.05. The van der Waals surface area contributed by atoms with Gasteiger partial charge in [-0.15, -0.1) is 11.6 Å². The van der Waals surface area contributed by atoms with Crippen LogP contribution in [-0.4, -0.2) is 28.5 Å². The quantitative estimate of drug-likeness (QED) is 0.555. The zero-order valence-corrected chi connectivity index (χ0v) is 9.37. The maximum atomic E-state index is 5.69. The molecule has 0 saturated carbocycles. The fourth-order valence-electron chi connectivity index (χ4n) is 1.21. The van der Waals surface area contributed by atoms with Gasteiger partial charge in [-0.05, 0) is 25.4 Å². The van der Waals surface area contributed by atoms with E-state index in [1.54, 1.807) is 0 Å². The Kier molecular flexibility index (Phi) is 5.64. The van der Waals surface area contributed by atoms with Crippen LogP contribution in [-0.2, 0) is 6.54 Å². The molecule has 1 heterocycles. The summed E-state index contributed by atoms with van der Waals surface area (Å²) in [6.07, 6.45) is 6.77. The minimum Gasteiger partial charge on any atom is -0.337 e. The monoisotopic (exact) mass is 215 g/mol. The summed E-state index contributed by atoms with van der Waals surface area (Å²) in [6.45, 7) is 5.23. The Morgan fingerprint density at radius 3 is 3.07 bits per heavy atom. The number of alkyl halides is 1. The summed E-state index contributed by atoms with van der Waals surface area (Å²) in [7, 11) is 0. The smallest absolute Gasteiger partial charge is 0.0945 e. The lowest BCUT2D eigenvalue weighted by molar-refractivity contribution is 0.524. The van der Waals surface area contributed by atoms with E-state index < -0.39 is 0 Å². The van der Waals surface area contributed by atoms with E-state index in [0.29, 0.717) is 5.92 Å². The fraction of sp³-hybridized carbons (Fsp3) is 0.700. The highest BCUT2D eigenvalue weighted by Crippen LogP contribution is 1.95. The molecule has 0 aliphatic carbocycles. The summed E-state index contributed by atoms with van der Waals surface area (Å²) in [5, 5.41) is 3.38. The first kappa shape index (κ1) is 11.5. The lowest BCUT2D eigenvalue weighted by Crippen LogP contribution is -2.23. The van der Waals surface area contributed by atoms with Crippen molar-refractivity contribution in [3.8, 4) is 0 Å². The molecule has 0 aromatic carbocycles. The van der Waals surface area contributed by atoms with Gasteiger partial charge in [-0.2, -0.15) is 0 Å². The Balaban J connectivity index is 1.95. The lowest BCUT2D eigenvalue weighted by atomic mass is 10.2. The molecule has 0 radical (unpaired) electrons. The molecular formula is C10H18ClN3. The average Bonchev–Trinajstić information content (AvgIpc) is 2.69. The SMILES string of the molecule is CC(CCl)CNCCCn1ccnc1. The number of hydrogen-bond donors (Lipinski definition) is 1. The zero-order chi connectivity index (χ0) is 10.2. The Morgan fingerprint density at radius 1 is 1.57 bits per heavy atom. The normalized spacial score (nSPS) is 13.0. The van der Waals surface area contributed by atoms with E-state index in [9.17, 15) is 0 Å².